The Kier molecular flexibility index (Phi) is 4.91. The van der Waals surface area contributed by atoms with Gasteiger partial charge in [0.2, 0.25) is 0 Å². The molecule has 20 heavy (non-hydrogen) atoms. The lowest BCUT2D eigenvalue weighted by Gasteiger charge is -2.11. The molecular weight excluding hydrogens is 272 g/mol. The quantitative estimate of drug-likeness (QED) is 0.854. The van der Waals surface area contributed by atoms with E-state index in [4.69, 9.17) is 16.9 Å². The second kappa shape index (κ2) is 6.88. The van der Waals surface area contributed by atoms with Crippen LogP contribution >= 0.6 is 11.6 Å². The summed E-state index contributed by atoms with van der Waals surface area (Å²) in [6, 6.07) is 9.61. The molecule has 0 aliphatic rings. The molecule has 1 heterocycles. The molecule has 0 bridgehead atoms. The van der Waals surface area contributed by atoms with Crippen molar-refractivity contribution in [2.75, 3.05) is 5.32 Å². The Bertz CT molecular complexity index is 634. The topological polar surface area (TPSA) is 61.6 Å². The van der Waals surface area contributed by atoms with Gasteiger partial charge in [-0.05, 0) is 24.1 Å². The average Bonchev–Trinajstić information content (AvgIpc) is 2.48. The summed E-state index contributed by atoms with van der Waals surface area (Å²) in [5.41, 5.74) is 2.62. The maximum atomic E-state index is 8.89. The van der Waals surface area contributed by atoms with Crippen LogP contribution in [0.15, 0.2) is 30.6 Å². The van der Waals surface area contributed by atoms with Crippen molar-refractivity contribution in [3.05, 3.63) is 52.4 Å². The van der Waals surface area contributed by atoms with Gasteiger partial charge in [0.15, 0.2) is 0 Å². The van der Waals surface area contributed by atoms with Gasteiger partial charge in [-0.3, -0.25) is 0 Å². The van der Waals surface area contributed by atoms with E-state index >= 15 is 0 Å². The molecule has 0 atom stereocenters. The first-order chi connectivity index (χ1) is 9.74. The number of halogens is 1. The number of aromatic nitrogens is 2. The van der Waals surface area contributed by atoms with Gasteiger partial charge in [0.25, 0.3) is 0 Å². The highest BCUT2D eigenvalue weighted by Crippen LogP contribution is 2.22. The Morgan fingerprint density at radius 3 is 2.95 bits per heavy atom. The molecule has 0 unspecified atom stereocenters. The number of benzene rings is 1. The fourth-order valence-electron chi connectivity index (χ4n) is 1.95. The van der Waals surface area contributed by atoms with E-state index in [2.05, 4.69) is 28.3 Å². The molecule has 1 N–H and O–H groups in total. The Morgan fingerprint density at radius 1 is 1.35 bits per heavy atom. The minimum absolute atomic E-state index is 0.495. The predicted octanol–water partition coefficient (Wildman–Crippen LogP) is 3.57. The second-order valence-corrected chi connectivity index (χ2v) is 4.77. The van der Waals surface area contributed by atoms with Crippen molar-refractivity contribution in [1.82, 2.24) is 9.97 Å². The first-order valence-electron chi connectivity index (χ1n) is 6.47. The summed E-state index contributed by atoms with van der Waals surface area (Å²) in [5.74, 6) is 0.759. The molecule has 1 aromatic heterocycles. The van der Waals surface area contributed by atoms with E-state index in [1.54, 1.807) is 6.07 Å². The highest BCUT2D eigenvalue weighted by atomic mass is 35.5. The van der Waals surface area contributed by atoms with Crippen LogP contribution in [0.25, 0.3) is 0 Å². The van der Waals surface area contributed by atoms with Gasteiger partial charge in [-0.1, -0.05) is 37.1 Å². The predicted molar refractivity (Wildman–Crippen MR) is 79.5 cm³/mol. The van der Waals surface area contributed by atoms with Crippen molar-refractivity contribution in [2.45, 2.75) is 26.3 Å². The summed E-state index contributed by atoms with van der Waals surface area (Å²) in [6.45, 7) is 2.68. The van der Waals surface area contributed by atoms with Gasteiger partial charge in [0.1, 0.15) is 17.3 Å². The first-order valence-corrected chi connectivity index (χ1v) is 6.84. The molecule has 0 radical (unpaired) electrons. The van der Waals surface area contributed by atoms with E-state index in [9.17, 15) is 0 Å². The van der Waals surface area contributed by atoms with Crippen LogP contribution in [-0.4, -0.2) is 9.97 Å². The van der Waals surface area contributed by atoms with Crippen molar-refractivity contribution in [3.8, 4) is 6.07 Å². The minimum atomic E-state index is 0.495. The number of rotatable bonds is 5. The maximum Gasteiger partial charge on any atom is 0.137 e. The van der Waals surface area contributed by atoms with Gasteiger partial charge in [0, 0.05) is 12.1 Å². The van der Waals surface area contributed by atoms with E-state index in [-0.39, 0.29) is 0 Å². The molecule has 1 aromatic carbocycles. The van der Waals surface area contributed by atoms with E-state index in [1.165, 1.54) is 6.33 Å². The Balaban J connectivity index is 2.14. The third kappa shape index (κ3) is 3.46. The van der Waals surface area contributed by atoms with Crippen LogP contribution in [-0.2, 0) is 13.0 Å². The van der Waals surface area contributed by atoms with Crippen LogP contribution in [0.3, 0.4) is 0 Å². The molecule has 0 aliphatic carbocycles. The van der Waals surface area contributed by atoms with Crippen LogP contribution in [0, 0.1) is 11.3 Å². The van der Waals surface area contributed by atoms with Crippen LogP contribution in [0.5, 0.6) is 0 Å². The van der Waals surface area contributed by atoms with E-state index in [1.807, 2.05) is 18.2 Å². The SMILES string of the molecule is CCCc1c(Cl)ncnc1NCc1cccc(C#N)c1. The van der Waals surface area contributed by atoms with Crippen LogP contribution in [0.4, 0.5) is 5.82 Å². The summed E-state index contributed by atoms with van der Waals surface area (Å²) in [4.78, 5) is 8.26. The minimum Gasteiger partial charge on any atom is -0.366 e. The zero-order chi connectivity index (χ0) is 14.4. The monoisotopic (exact) mass is 286 g/mol. The Morgan fingerprint density at radius 2 is 2.20 bits per heavy atom. The Hall–Kier alpha value is -2.12. The molecule has 0 aliphatic heterocycles. The van der Waals surface area contributed by atoms with Crippen LogP contribution < -0.4 is 5.32 Å². The largest absolute Gasteiger partial charge is 0.366 e. The number of nitriles is 1. The molecule has 0 amide bonds. The van der Waals surface area contributed by atoms with E-state index in [0.717, 1.165) is 29.8 Å². The van der Waals surface area contributed by atoms with Crippen molar-refractivity contribution in [2.24, 2.45) is 0 Å². The Labute approximate surface area is 123 Å². The van der Waals surface area contributed by atoms with Gasteiger partial charge in [-0.2, -0.15) is 5.26 Å². The van der Waals surface area contributed by atoms with Crippen molar-refractivity contribution in [1.29, 1.82) is 5.26 Å². The summed E-state index contributed by atoms with van der Waals surface area (Å²) >= 11 is 6.10. The molecule has 0 fully saturated rings. The van der Waals surface area contributed by atoms with Gasteiger partial charge in [-0.25, -0.2) is 9.97 Å². The highest BCUT2D eigenvalue weighted by Gasteiger charge is 2.08. The lowest BCUT2D eigenvalue weighted by atomic mass is 10.1. The first kappa shape index (κ1) is 14.3. The molecule has 2 rings (SSSR count). The number of hydrogen-bond donors (Lipinski definition) is 1. The molecular formula is C15H15ClN4. The fourth-order valence-corrected chi connectivity index (χ4v) is 2.18. The van der Waals surface area contributed by atoms with Gasteiger partial charge < -0.3 is 5.32 Å². The van der Waals surface area contributed by atoms with Crippen molar-refractivity contribution in [3.63, 3.8) is 0 Å². The van der Waals surface area contributed by atoms with Crippen molar-refractivity contribution >= 4 is 17.4 Å². The highest BCUT2D eigenvalue weighted by molar-refractivity contribution is 6.30. The molecule has 0 saturated heterocycles. The molecule has 0 saturated carbocycles. The number of nitrogens with one attached hydrogen (secondary N) is 1. The summed E-state index contributed by atoms with van der Waals surface area (Å²) in [6.07, 6.45) is 3.27. The van der Waals surface area contributed by atoms with E-state index in [0.29, 0.717) is 17.3 Å². The fraction of sp³-hybridized carbons (Fsp3) is 0.267. The molecule has 102 valence electrons. The third-order valence-corrected chi connectivity index (χ3v) is 3.23. The maximum absolute atomic E-state index is 8.89. The van der Waals surface area contributed by atoms with Gasteiger partial charge in [0.05, 0.1) is 11.6 Å². The third-order valence-electron chi connectivity index (χ3n) is 2.91. The summed E-state index contributed by atoms with van der Waals surface area (Å²) in [7, 11) is 0. The second-order valence-electron chi connectivity index (χ2n) is 4.41. The standard InChI is InChI=1S/C15H15ClN4/c1-2-4-13-14(16)19-10-20-15(13)18-9-12-6-3-5-11(7-12)8-17/h3,5-7,10H,2,4,9H2,1H3,(H,18,19,20). The summed E-state index contributed by atoms with van der Waals surface area (Å²) < 4.78 is 0. The number of nitrogens with zero attached hydrogens (tertiary/aromatic N) is 3. The lowest BCUT2D eigenvalue weighted by Crippen LogP contribution is -2.06. The summed E-state index contributed by atoms with van der Waals surface area (Å²) in [5, 5.41) is 12.6. The number of anilines is 1. The normalized spacial score (nSPS) is 10.1. The molecule has 2 aromatic rings. The number of hydrogen-bond acceptors (Lipinski definition) is 4. The van der Waals surface area contributed by atoms with Crippen LogP contribution in [0.1, 0.15) is 30.0 Å². The zero-order valence-electron chi connectivity index (χ0n) is 11.2. The van der Waals surface area contributed by atoms with Crippen LogP contribution in [0.2, 0.25) is 5.15 Å². The van der Waals surface area contributed by atoms with Gasteiger partial charge >= 0.3 is 0 Å². The zero-order valence-corrected chi connectivity index (χ0v) is 12.0. The van der Waals surface area contributed by atoms with Crippen molar-refractivity contribution < 1.29 is 0 Å². The van der Waals surface area contributed by atoms with E-state index < -0.39 is 0 Å². The molecule has 0 spiro atoms. The molecule has 4 nitrogen and oxygen atoms in total. The average molecular weight is 287 g/mol. The molecule has 5 heteroatoms. The lowest BCUT2D eigenvalue weighted by molar-refractivity contribution is 0.897. The smallest absolute Gasteiger partial charge is 0.137 e. The van der Waals surface area contributed by atoms with Gasteiger partial charge in [-0.15, -0.1) is 0 Å².